The molecule has 1 heterocycles. The zero-order valence-corrected chi connectivity index (χ0v) is 13.8. The molecule has 0 saturated heterocycles. The highest BCUT2D eigenvalue weighted by Crippen LogP contribution is 2.39. The van der Waals surface area contributed by atoms with Gasteiger partial charge in [0.2, 0.25) is 0 Å². The Hall–Kier alpha value is -2.00. The first-order valence-corrected chi connectivity index (χ1v) is 8.98. The van der Waals surface area contributed by atoms with Crippen molar-refractivity contribution in [3.8, 4) is 0 Å². The van der Waals surface area contributed by atoms with Crippen LogP contribution in [0.4, 0.5) is 0 Å². The fourth-order valence-corrected chi connectivity index (χ4v) is 3.86. The van der Waals surface area contributed by atoms with E-state index in [1.165, 1.54) is 28.9 Å². The van der Waals surface area contributed by atoms with Crippen molar-refractivity contribution in [2.45, 2.75) is 23.0 Å². The largest absolute Gasteiger partial charge is 0.331 e. The molecule has 2 nitrogen and oxygen atoms in total. The molecular formula is C20H19NOS. The van der Waals surface area contributed by atoms with Crippen LogP contribution in [-0.4, -0.2) is 29.1 Å². The molecule has 116 valence electrons. The van der Waals surface area contributed by atoms with Gasteiger partial charge in [-0.05, 0) is 48.2 Å². The lowest BCUT2D eigenvalue weighted by Gasteiger charge is -2.17. The lowest BCUT2D eigenvalue weighted by molar-refractivity contribution is 0.0801. The van der Waals surface area contributed by atoms with E-state index in [0.717, 1.165) is 10.8 Å². The smallest absolute Gasteiger partial charge is 0.254 e. The number of carbonyl (C=O) groups excluding carboxylic acids is 1. The molecule has 1 fully saturated rings. The highest BCUT2D eigenvalue weighted by molar-refractivity contribution is 8.00. The summed E-state index contributed by atoms with van der Waals surface area (Å²) in [7, 11) is 0. The van der Waals surface area contributed by atoms with Crippen molar-refractivity contribution >= 4 is 23.2 Å². The SMILES string of the molecule is O=C(c1ccc(SC2CC2)cc1)N1CC=C(c2ccccc2)C1. The molecule has 3 heteroatoms. The van der Waals surface area contributed by atoms with E-state index in [9.17, 15) is 4.79 Å². The van der Waals surface area contributed by atoms with Crippen LogP contribution in [0.5, 0.6) is 0 Å². The number of amides is 1. The molecule has 23 heavy (non-hydrogen) atoms. The Balaban J connectivity index is 1.41. The van der Waals surface area contributed by atoms with Gasteiger partial charge in [0.25, 0.3) is 5.91 Å². The normalized spacial score (nSPS) is 17.2. The summed E-state index contributed by atoms with van der Waals surface area (Å²) in [5, 5.41) is 0.799. The number of nitrogens with zero attached hydrogens (tertiary/aromatic N) is 1. The van der Waals surface area contributed by atoms with Crippen LogP contribution in [-0.2, 0) is 0 Å². The Kier molecular flexibility index (Phi) is 3.96. The van der Waals surface area contributed by atoms with Crippen molar-refractivity contribution < 1.29 is 4.79 Å². The predicted molar refractivity (Wildman–Crippen MR) is 95.6 cm³/mol. The lowest BCUT2D eigenvalue weighted by Crippen LogP contribution is -2.28. The van der Waals surface area contributed by atoms with Crippen molar-refractivity contribution in [3.63, 3.8) is 0 Å². The minimum absolute atomic E-state index is 0.121. The molecule has 0 aromatic heterocycles. The van der Waals surface area contributed by atoms with E-state index in [0.29, 0.717) is 13.1 Å². The van der Waals surface area contributed by atoms with E-state index < -0.39 is 0 Å². The van der Waals surface area contributed by atoms with Crippen LogP contribution in [0.1, 0.15) is 28.8 Å². The molecule has 0 spiro atoms. The maximum absolute atomic E-state index is 12.7. The molecule has 4 rings (SSSR count). The van der Waals surface area contributed by atoms with Gasteiger partial charge in [0.15, 0.2) is 0 Å². The van der Waals surface area contributed by atoms with Crippen LogP contribution in [0.2, 0.25) is 0 Å². The monoisotopic (exact) mass is 321 g/mol. The number of hydrogen-bond donors (Lipinski definition) is 0. The van der Waals surface area contributed by atoms with Crippen molar-refractivity contribution in [1.82, 2.24) is 4.90 Å². The molecule has 0 bridgehead atoms. The molecule has 0 atom stereocenters. The predicted octanol–water partition coefficient (Wildman–Crippen LogP) is 4.48. The molecule has 2 aromatic carbocycles. The molecular weight excluding hydrogens is 302 g/mol. The summed E-state index contributed by atoms with van der Waals surface area (Å²) in [5.74, 6) is 0.121. The first-order valence-electron chi connectivity index (χ1n) is 8.10. The van der Waals surface area contributed by atoms with Gasteiger partial charge in [0, 0.05) is 28.8 Å². The molecule has 1 amide bonds. The third kappa shape index (κ3) is 3.35. The zero-order valence-electron chi connectivity index (χ0n) is 12.9. The fourth-order valence-electron chi connectivity index (χ4n) is 2.81. The minimum Gasteiger partial charge on any atom is -0.331 e. The van der Waals surface area contributed by atoms with Crippen molar-refractivity contribution in [2.24, 2.45) is 0 Å². The zero-order chi connectivity index (χ0) is 15.6. The summed E-state index contributed by atoms with van der Waals surface area (Å²) >= 11 is 1.92. The van der Waals surface area contributed by atoms with Crippen molar-refractivity contribution in [1.29, 1.82) is 0 Å². The number of thioether (sulfide) groups is 1. The summed E-state index contributed by atoms with van der Waals surface area (Å²) in [6.45, 7) is 1.39. The van der Waals surface area contributed by atoms with E-state index in [1.54, 1.807) is 0 Å². The fraction of sp³-hybridized carbons (Fsp3) is 0.250. The summed E-state index contributed by atoms with van der Waals surface area (Å²) in [4.78, 5) is 15.8. The molecule has 1 aliphatic heterocycles. The van der Waals surface area contributed by atoms with Gasteiger partial charge in [-0.2, -0.15) is 0 Å². The first-order chi connectivity index (χ1) is 11.3. The van der Waals surface area contributed by atoms with Crippen molar-refractivity contribution in [2.75, 3.05) is 13.1 Å². The quantitative estimate of drug-likeness (QED) is 0.827. The standard InChI is InChI=1S/C20H19NOS/c22-20(16-6-8-18(9-7-16)23-19-10-11-19)21-13-12-17(14-21)15-4-2-1-3-5-15/h1-9,12,19H,10-11,13-14H2. The molecule has 2 aliphatic rings. The van der Waals surface area contributed by atoms with E-state index in [1.807, 2.05) is 47.0 Å². The molecule has 0 radical (unpaired) electrons. The topological polar surface area (TPSA) is 20.3 Å². The van der Waals surface area contributed by atoms with E-state index in [-0.39, 0.29) is 5.91 Å². The van der Waals surface area contributed by atoms with Gasteiger partial charge in [0.05, 0.1) is 0 Å². The van der Waals surface area contributed by atoms with E-state index in [2.05, 4.69) is 30.3 Å². The van der Waals surface area contributed by atoms with E-state index in [4.69, 9.17) is 0 Å². The maximum atomic E-state index is 12.7. The summed E-state index contributed by atoms with van der Waals surface area (Å²) < 4.78 is 0. The Morgan fingerprint density at radius 3 is 2.43 bits per heavy atom. The summed E-state index contributed by atoms with van der Waals surface area (Å²) in [6.07, 6.45) is 4.81. The summed E-state index contributed by atoms with van der Waals surface area (Å²) in [5.41, 5.74) is 3.23. The number of benzene rings is 2. The maximum Gasteiger partial charge on any atom is 0.254 e. The van der Waals surface area contributed by atoms with Gasteiger partial charge in [-0.15, -0.1) is 11.8 Å². The van der Waals surface area contributed by atoms with Gasteiger partial charge >= 0.3 is 0 Å². The van der Waals surface area contributed by atoms with Gasteiger partial charge in [-0.25, -0.2) is 0 Å². The van der Waals surface area contributed by atoms with Crippen LogP contribution in [0.3, 0.4) is 0 Å². The minimum atomic E-state index is 0.121. The first kappa shape index (κ1) is 14.6. The van der Waals surface area contributed by atoms with Gasteiger partial charge < -0.3 is 4.90 Å². The summed E-state index contributed by atoms with van der Waals surface area (Å²) in [6, 6.07) is 18.4. The van der Waals surface area contributed by atoms with Crippen LogP contribution in [0.25, 0.3) is 5.57 Å². The molecule has 0 unspecified atom stereocenters. The second-order valence-corrected chi connectivity index (χ2v) is 7.50. The van der Waals surface area contributed by atoms with Crippen molar-refractivity contribution in [3.05, 3.63) is 71.8 Å². The average Bonchev–Trinajstić information content (AvgIpc) is 3.27. The van der Waals surface area contributed by atoms with Gasteiger partial charge in [-0.1, -0.05) is 36.4 Å². The van der Waals surface area contributed by atoms with E-state index >= 15 is 0 Å². The van der Waals surface area contributed by atoms with Crippen LogP contribution >= 0.6 is 11.8 Å². The molecule has 0 N–H and O–H groups in total. The second-order valence-electron chi connectivity index (χ2n) is 6.12. The molecule has 2 aromatic rings. The Morgan fingerprint density at radius 2 is 1.74 bits per heavy atom. The van der Waals surface area contributed by atoms with Crippen LogP contribution in [0.15, 0.2) is 65.6 Å². The Labute approximate surface area is 141 Å². The number of rotatable bonds is 4. The van der Waals surface area contributed by atoms with Crippen LogP contribution in [0, 0.1) is 0 Å². The average molecular weight is 321 g/mol. The second kappa shape index (κ2) is 6.25. The number of hydrogen-bond acceptors (Lipinski definition) is 2. The molecule has 1 saturated carbocycles. The highest BCUT2D eigenvalue weighted by Gasteiger charge is 2.24. The highest BCUT2D eigenvalue weighted by atomic mass is 32.2. The Morgan fingerprint density at radius 1 is 1.00 bits per heavy atom. The Bertz CT molecular complexity index is 732. The third-order valence-corrected chi connectivity index (χ3v) is 5.63. The van der Waals surface area contributed by atoms with Crippen LogP contribution < -0.4 is 0 Å². The van der Waals surface area contributed by atoms with Gasteiger partial charge in [0.1, 0.15) is 0 Å². The lowest BCUT2D eigenvalue weighted by atomic mass is 10.1. The number of carbonyl (C=O) groups is 1. The third-order valence-electron chi connectivity index (χ3n) is 4.28. The molecule has 1 aliphatic carbocycles. The van der Waals surface area contributed by atoms with Gasteiger partial charge in [-0.3, -0.25) is 4.79 Å².